The molecule has 0 amide bonds. The highest BCUT2D eigenvalue weighted by Gasteiger charge is 2.73. The highest BCUT2D eigenvalue weighted by atomic mass is 19.4. The number of nitro groups is 1. The minimum Gasteiger partial charge on any atom is -0.478 e. The van der Waals surface area contributed by atoms with Crippen molar-refractivity contribution in [3.05, 3.63) is 40.0 Å². The molecule has 130 valence electrons. The fourth-order valence-corrected chi connectivity index (χ4v) is 2.03. The van der Waals surface area contributed by atoms with E-state index in [4.69, 9.17) is 5.11 Å². The summed E-state index contributed by atoms with van der Waals surface area (Å²) < 4.78 is 82.3. The largest absolute Gasteiger partial charge is 0.478 e. The Bertz CT molecular complexity index is 737. The van der Waals surface area contributed by atoms with Crippen molar-refractivity contribution in [1.29, 1.82) is 0 Å². The summed E-state index contributed by atoms with van der Waals surface area (Å²) in [6.07, 6.45) is -12.7. The zero-order valence-electron chi connectivity index (χ0n) is 11.1. The van der Waals surface area contributed by atoms with Gasteiger partial charge in [0.25, 0.3) is 5.69 Å². The van der Waals surface area contributed by atoms with E-state index in [-0.39, 0.29) is 0 Å². The van der Waals surface area contributed by atoms with Gasteiger partial charge >= 0.3 is 23.9 Å². The van der Waals surface area contributed by atoms with Crippen molar-refractivity contribution in [2.75, 3.05) is 0 Å². The molecule has 1 aromatic rings. The van der Waals surface area contributed by atoms with Gasteiger partial charge in [-0.25, -0.2) is 4.79 Å². The van der Waals surface area contributed by atoms with Crippen LogP contribution in [0.15, 0.2) is 24.3 Å². The van der Waals surface area contributed by atoms with E-state index in [9.17, 15) is 41.3 Å². The van der Waals surface area contributed by atoms with Gasteiger partial charge in [-0.3, -0.25) is 10.1 Å². The van der Waals surface area contributed by atoms with Crippen LogP contribution in [0.5, 0.6) is 5.75 Å². The second kappa shape index (κ2) is 5.11. The lowest BCUT2D eigenvalue weighted by Gasteiger charge is -2.38. The van der Waals surface area contributed by atoms with Crippen molar-refractivity contribution < 1.29 is 45.9 Å². The van der Waals surface area contributed by atoms with Crippen LogP contribution < -0.4 is 4.74 Å². The first-order valence-electron chi connectivity index (χ1n) is 5.87. The molecule has 0 unspecified atom stereocenters. The van der Waals surface area contributed by atoms with Crippen molar-refractivity contribution in [2.24, 2.45) is 0 Å². The molecule has 1 N–H and O–H groups in total. The highest BCUT2D eigenvalue weighted by Crippen LogP contribution is 2.52. The number of hydrogen-bond donors (Lipinski definition) is 1. The lowest BCUT2D eigenvalue weighted by Crippen LogP contribution is -2.60. The molecule has 0 saturated heterocycles. The molecule has 1 aliphatic rings. The summed E-state index contributed by atoms with van der Waals surface area (Å²) >= 11 is 0. The number of fused-ring (bicyclic) bond motifs is 1. The maximum absolute atomic E-state index is 13.0. The molecule has 0 fully saturated rings. The third kappa shape index (κ3) is 2.53. The smallest absolute Gasteiger partial charge is 0.441 e. The quantitative estimate of drug-likeness (QED) is 0.498. The number of carbonyl (C=O) groups is 1. The summed E-state index contributed by atoms with van der Waals surface area (Å²) in [5, 5.41) is 19.6. The Balaban J connectivity index is 2.80. The number of benzene rings is 1. The minimum absolute atomic E-state index is 0.482. The Kier molecular flexibility index (Phi) is 3.74. The summed E-state index contributed by atoms with van der Waals surface area (Å²) in [4.78, 5) is 20.8. The second-order valence-electron chi connectivity index (χ2n) is 4.63. The van der Waals surface area contributed by atoms with E-state index in [1.807, 2.05) is 0 Å². The maximum atomic E-state index is 13.0. The normalized spacial score (nSPS) is 16.7. The zero-order chi connectivity index (χ0) is 18.5. The number of aliphatic carboxylic acids is 1. The van der Waals surface area contributed by atoms with Gasteiger partial charge in [-0.2, -0.15) is 26.3 Å². The van der Waals surface area contributed by atoms with E-state index >= 15 is 0 Å². The van der Waals surface area contributed by atoms with Crippen LogP contribution in [-0.4, -0.2) is 34.0 Å². The Morgan fingerprint density at radius 3 is 2.12 bits per heavy atom. The molecular weight excluding hydrogens is 352 g/mol. The molecule has 1 aromatic carbocycles. The molecule has 24 heavy (non-hydrogen) atoms. The SMILES string of the molecule is O=C(O)C1=CC(C(F)(F)F)(C(F)(F)F)Oc2ccc([N+](=O)[O-])cc21. The number of alkyl halides is 6. The number of nitro benzene ring substituents is 1. The molecule has 0 aliphatic carbocycles. The monoisotopic (exact) mass is 357 g/mol. The van der Waals surface area contributed by atoms with Crippen LogP contribution >= 0.6 is 0 Å². The molecule has 0 saturated carbocycles. The number of rotatable bonds is 2. The van der Waals surface area contributed by atoms with Gasteiger partial charge in [0.2, 0.25) is 0 Å². The van der Waals surface area contributed by atoms with Crippen LogP contribution in [-0.2, 0) is 4.79 Å². The topological polar surface area (TPSA) is 89.7 Å². The average Bonchev–Trinajstić information content (AvgIpc) is 2.42. The summed E-state index contributed by atoms with van der Waals surface area (Å²) in [6.45, 7) is 0. The van der Waals surface area contributed by atoms with Gasteiger partial charge in [-0.15, -0.1) is 0 Å². The summed E-state index contributed by atoms with van der Waals surface area (Å²) in [6, 6.07) is 1.60. The lowest BCUT2D eigenvalue weighted by atomic mass is 9.90. The zero-order valence-corrected chi connectivity index (χ0v) is 11.1. The van der Waals surface area contributed by atoms with E-state index in [1.54, 1.807) is 0 Å². The lowest BCUT2D eigenvalue weighted by molar-refractivity contribution is -0.384. The molecule has 1 heterocycles. The van der Waals surface area contributed by atoms with Crippen molar-refractivity contribution in [3.63, 3.8) is 0 Å². The number of halogens is 6. The molecule has 1 aliphatic heterocycles. The fraction of sp³-hybridized carbons (Fsp3) is 0.250. The van der Waals surface area contributed by atoms with E-state index in [1.165, 1.54) is 0 Å². The third-order valence-corrected chi connectivity index (χ3v) is 3.16. The van der Waals surface area contributed by atoms with Crippen molar-refractivity contribution >= 4 is 17.2 Å². The van der Waals surface area contributed by atoms with Gasteiger partial charge in [0.1, 0.15) is 5.75 Å². The molecular formula is C12H5F6NO5. The Morgan fingerprint density at radius 2 is 1.71 bits per heavy atom. The van der Waals surface area contributed by atoms with Gasteiger partial charge in [0.05, 0.1) is 10.5 Å². The number of carboxylic acids is 1. The summed E-state index contributed by atoms with van der Waals surface area (Å²) in [5.41, 5.74) is -7.77. The number of non-ortho nitro benzene ring substituents is 1. The number of ether oxygens (including phenoxy) is 1. The molecule has 0 radical (unpaired) electrons. The molecule has 2 rings (SSSR count). The van der Waals surface area contributed by atoms with Crippen LogP contribution in [0.4, 0.5) is 32.0 Å². The molecule has 0 aromatic heterocycles. The number of nitrogens with zero attached hydrogens (tertiary/aromatic N) is 1. The van der Waals surface area contributed by atoms with Crippen molar-refractivity contribution in [2.45, 2.75) is 18.0 Å². The molecule has 12 heteroatoms. The maximum Gasteiger partial charge on any atom is 0.441 e. The van der Waals surface area contributed by atoms with Gasteiger partial charge in [-0.05, 0) is 12.1 Å². The van der Waals surface area contributed by atoms with Gasteiger partial charge in [0, 0.05) is 17.7 Å². The Hall–Kier alpha value is -2.79. The molecule has 6 nitrogen and oxygen atoms in total. The van der Waals surface area contributed by atoms with Crippen LogP contribution in [0, 0.1) is 10.1 Å². The van der Waals surface area contributed by atoms with E-state index < -0.39 is 57.5 Å². The Morgan fingerprint density at radius 1 is 1.17 bits per heavy atom. The predicted molar refractivity (Wildman–Crippen MR) is 64.2 cm³/mol. The van der Waals surface area contributed by atoms with Gasteiger partial charge in [-0.1, -0.05) is 0 Å². The van der Waals surface area contributed by atoms with Crippen LogP contribution in [0.1, 0.15) is 5.56 Å². The standard InChI is InChI=1S/C12H5F6NO5/c13-11(14,15)10(12(16,17)18)4-7(9(20)21)6-3-5(19(22)23)1-2-8(6)24-10/h1-4H,(H,20,21). The van der Waals surface area contributed by atoms with Gasteiger partial charge in [0.15, 0.2) is 0 Å². The summed E-state index contributed by atoms with van der Waals surface area (Å²) in [5.74, 6) is -3.21. The van der Waals surface area contributed by atoms with Crippen LogP contribution in [0.25, 0.3) is 5.57 Å². The molecule has 0 spiro atoms. The van der Waals surface area contributed by atoms with Crippen molar-refractivity contribution in [3.8, 4) is 5.75 Å². The van der Waals surface area contributed by atoms with Crippen LogP contribution in [0.2, 0.25) is 0 Å². The minimum atomic E-state index is -6.02. The number of hydrogen-bond acceptors (Lipinski definition) is 4. The molecule has 0 atom stereocenters. The van der Waals surface area contributed by atoms with Crippen molar-refractivity contribution in [1.82, 2.24) is 0 Å². The van der Waals surface area contributed by atoms with E-state index in [0.29, 0.717) is 18.2 Å². The van der Waals surface area contributed by atoms with Gasteiger partial charge < -0.3 is 9.84 Å². The van der Waals surface area contributed by atoms with E-state index in [2.05, 4.69) is 4.74 Å². The highest BCUT2D eigenvalue weighted by molar-refractivity contribution is 6.17. The predicted octanol–water partition coefficient (Wildman–Crippen LogP) is 3.32. The molecule has 0 bridgehead atoms. The number of carboxylic acid groups (broad SMARTS) is 1. The van der Waals surface area contributed by atoms with Crippen LogP contribution in [0.3, 0.4) is 0 Å². The van der Waals surface area contributed by atoms with E-state index in [0.717, 1.165) is 0 Å². The average molecular weight is 357 g/mol. The summed E-state index contributed by atoms with van der Waals surface area (Å²) in [7, 11) is 0. The fourth-order valence-electron chi connectivity index (χ4n) is 2.03. The first kappa shape index (κ1) is 17.6. The second-order valence-corrected chi connectivity index (χ2v) is 4.63. The first-order valence-corrected chi connectivity index (χ1v) is 5.87. The third-order valence-electron chi connectivity index (χ3n) is 3.16. The first-order chi connectivity index (χ1) is 10.8. The Labute approximate surface area is 128 Å².